The lowest BCUT2D eigenvalue weighted by Gasteiger charge is -2.14. The number of fused-ring (bicyclic) bond motifs is 2. The molecular formula is C20H26N4. The summed E-state index contributed by atoms with van der Waals surface area (Å²) in [6, 6.07) is 0. The molecule has 2 bridgehead atoms. The summed E-state index contributed by atoms with van der Waals surface area (Å²) >= 11 is 0. The summed E-state index contributed by atoms with van der Waals surface area (Å²) in [5.74, 6) is 7.15. The van der Waals surface area contributed by atoms with Crippen LogP contribution >= 0.6 is 0 Å². The lowest BCUT2D eigenvalue weighted by atomic mass is 9.91. The van der Waals surface area contributed by atoms with Crippen LogP contribution in [0.3, 0.4) is 0 Å². The van der Waals surface area contributed by atoms with Crippen molar-refractivity contribution in [3.8, 4) is 0 Å². The van der Waals surface area contributed by atoms with Crippen LogP contribution < -0.4 is 22.1 Å². The number of hydrogen-bond acceptors (Lipinski definition) is 3. The van der Waals surface area contributed by atoms with Crippen LogP contribution in [0.5, 0.6) is 0 Å². The van der Waals surface area contributed by atoms with Crippen molar-refractivity contribution in [2.75, 3.05) is 7.05 Å². The number of nitrogens with one attached hydrogen (secondary N) is 1. The molecule has 0 aromatic carbocycles. The van der Waals surface area contributed by atoms with Crippen LogP contribution in [-0.2, 0) is 0 Å². The molecule has 2 atom stereocenters. The normalized spacial score (nSPS) is 24.4. The molecule has 1 aromatic heterocycles. The van der Waals surface area contributed by atoms with E-state index in [2.05, 4.69) is 30.3 Å². The summed E-state index contributed by atoms with van der Waals surface area (Å²) in [5, 5.41) is 3.42. The van der Waals surface area contributed by atoms with E-state index < -0.39 is 0 Å². The summed E-state index contributed by atoms with van der Waals surface area (Å²) in [6.07, 6.45) is 15.7. The Kier molecular flexibility index (Phi) is 4.49. The number of aromatic amines is 1. The van der Waals surface area contributed by atoms with E-state index in [0.717, 1.165) is 33.2 Å². The van der Waals surface area contributed by atoms with Crippen LogP contribution in [0, 0.1) is 11.8 Å². The van der Waals surface area contributed by atoms with Gasteiger partial charge in [-0.3, -0.25) is 0 Å². The molecule has 0 spiro atoms. The van der Waals surface area contributed by atoms with Crippen molar-refractivity contribution in [2.45, 2.75) is 19.3 Å². The van der Waals surface area contributed by atoms with Gasteiger partial charge in [0.25, 0.3) is 0 Å². The van der Waals surface area contributed by atoms with Crippen LogP contribution in [-0.4, -0.2) is 17.0 Å². The second-order valence-corrected chi connectivity index (χ2v) is 6.71. The Morgan fingerprint density at radius 1 is 1.38 bits per heavy atom. The Balaban J connectivity index is 2.07. The Morgan fingerprint density at radius 3 is 2.71 bits per heavy atom. The van der Waals surface area contributed by atoms with E-state index in [0.29, 0.717) is 5.92 Å². The fraction of sp³-hybridized carbons (Fsp3) is 0.300. The van der Waals surface area contributed by atoms with Gasteiger partial charge in [-0.05, 0) is 48.3 Å². The van der Waals surface area contributed by atoms with Crippen molar-refractivity contribution in [1.29, 1.82) is 0 Å². The van der Waals surface area contributed by atoms with Gasteiger partial charge < -0.3 is 15.7 Å². The number of hydrazine groups is 1. The Bertz CT molecular complexity index is 835. The van der Waals surface area contributed by atoms with Crippen molar-refractivity contribution in [1.82, 2.24) is 9.99 Å². The molecule has 1 aromatic rings. The standard InChI is InChI=1S/C20H26N4/c1-4-15(12-24(3)22)20-11-23-13(2)18(20)9-17(10-21)19-8-14-5-6-16(19)7-14/h4,8-12,14,16,23H,1-2,5-7,21-22H2,3H3/b15-12+,17-10+,18-9+. The van der Waals surface area contributed by atoms with Gasteiger partial charge in [-0.2, -0.15) is 0 Å². The first-order valence-corrected chi connectivity index (χ1v) is 8.37. The van der Waals surface area contributed by atoms with Gasteiger partial charge in [-0.15, -0.1) is 0 Å². The Morgan fingerprint density at radius 2 is 2.17 bits per heavy atom. The number of nitrogens with zero attached hydrogens (tertiary/aromatic N) is 1. The van der Waals surface area contributed by atoms with Crippen LogP contribution in [0.4, 0.5) is 0 Å². The second-order valence-electron chi connectivity index (χ2n) is 6.71. The van der Waals surface area contributed by atoms with E-state index in [1.54, 1.807) is 19.3 Å². The maximum Gasteiger partial charge on any atom is 0.0387 e. The number of aromatic nitrogens is 1. The van der Waals surface area contributed by atoms with Gasteiger partial charge >= 0.3 is 0 Å². The predicted octanol–water partition coefficient (Wildman–Crippen LogP) is 1.74. The minimum atomic E-state index is 0.654. The molecule has 1 heterocycles. The van der Waals surface area contributed by atoms with Crippen molar-refractivity contribution < 1.29 is 0 Å². The fourth-order valence-corrected chi connectivity index (χ4v) is 3.89. The summed E-state index contributed by atoms with van der Waals surface area (Å²) in [6.45, 7) is 8.02. The third kappa shape index (κ3) is 2.97. The molecule has 1 fully saturated rings. The lowest BCUT2D eigenvalue weighted by molar-refractivity contribution is 0.487. The molecule has 4 heteroatoms. The fourth-order valence-electron chi connectivity index (χ4n) is 3.89. The highest BCUT2D eigenvalue weighted by Crippen LogP contribution is 2.46. The van der Waals surface area contributed by atoms with Crippen molar-refractivity contribution >= 4 is 18.2 Å². The van der Waals surface area contributed by atoms with Gasteiger partial charge in [0.2, 0.25) is 0 Å². The highest BCUT2D eigenvalue weighted by molar-refractivity contribution is 5.75. The lowest BCUT2D eigenvalue weighted by Crippen LogP contribution is -2.25. The molecular weight excluding hydrogens is 296 g/mol. The largest absolute Gasteiger partial charge is 0.404 e. The molecule has 1 saturated carbocycles. The van der Waals surface area contributed by atoms with Crippen molar-refractivity contribution in [3.05, 3.63) is 64.6 Å². The van der Waals surface area contributed by atoms with Gasteiger partial charge in [0.15, 0.2) is 0 Å². The zero-order chi connectivity index (χ0) is 17.3. The van der Waals surface area contributed by atoms with Crippen LogP contribution in [0.2, 0.25) is 0 Å². The minimum absolute atomic E-state index is 0.654. The molecule has 3 rings (SSSR count). The topological polar surface area (TPSA) is 71.1 Å². The number of H-pyrrole nitrogens is 1. The van der Waals surface area contributed by atoms with Crippen LogP contribution in [0.15, 0.2) is 48.5 Å². The minimum Gasteiger partial charge on any atom is -0.404 e. The quantitative estimate of drug-likeness (QED) is 0.439. The van der Waals surface area contributed by atoms with E-state index in [1.165, 1.54) is 29.8 Å². The first-order valence-electron chi connectivity index (χ1n) is 8.37. The molecule has 126 valence electrons. The van der Waals surface area contributed by atoms with E-state index in [9.17, 15) is 0 Å². The number of allylic oxidation sites excluding steroid dienone is 5. The first-order chi connectivity index (χ1) is 11.5. The van der Waals surface area contributed by atoms with Gasteiger partial charge in [0, 0.05) is 47.3 Å². The smallest absolute Gasteiger partial charge is 0.0387 e. The molecule has 0 aliphatic heterocycles. The average Bonchev–Trinajstić information content (AvgIpc) is 3.26. The number of hydrogen-bond donors (Lipinski definition) is 3. The van der Waals surface area contributed by atoms with Gasteiger partial charge in [0.1, 0.15) is 0 Å². The Hall–Kier alpha value is -2.46. The van der Waals surface area contributed by atoms with E-state index in [4.69, 9.17) is 11.6 Å². The zero-order valence-electron chi connectivity index (χ0n) is 14.3. The summed E-state index contributed by atoms with van der Waals surface area (Å²) in [7, 11) is 1.79. The highest BCUT2D eigenvalue weighted by atomic mass is 15.4. The second kappa shape index (κ2) is 6.57. The van der Waals surface area contributed by atoms with Crippen molar-refractivity contribution in [2.24, 2.45) is 23.4 Å². The first kappa shape index (κ1) is 16.4. The summed E-state index contributed by atoms with van der Waals surface area (Å²) in [4.78, 5) is 3.20. The van der Waals surface area contributed by atoms with Crippen molar-refractivity contribution in [3.63, 3.8) is 0 Å². The average molecular weight is 322 g/mol. The SMILES string of the molecule is C=C/C(=C\N(C)N)c1c[nH]c(=C)/c1=C\C(=C/N)C1=CC2CCC1C2. The molecule has 0 radical (unpaired) electrons. The molecule has 2 aliphatic rings. The van der Waals surface area contributed by atoms with Gasteiger partial charge in [-0.1, -0.05) is 25.3 Å². The maximum atomic E-state index is 5.96. The van der Waals surface area contributed by atoms with E-state index >= 15 is 0 Å². The van der Waals surface area contributed by atoms with Crippen LogP contribution in [0.25, 0.3) is 18.2 Å². The third-order valence-corrected chi connectivity index (χ3v) is 5.02. The molecule has 2 aliphatic carbocycles. The molecule has 0 saturated heterocycles. The third-order valence-electron chi connectivity index (χ3n) is 5.02. The predicted molar refractivity (Wildman–Crippen MR) is 101 cm³/mol. The molecule has 0 amide bonds. The molecule has 5 N–H and O–H groups in total. The van der Waals surface area contributed by atoms with Gasteiger partial charge in [-0.25, -0.2) is 5.84 Å². The highest BCUT2D eigenvalue weighted by Gasteiger charge is 2.33. The molecule has 2 unspecified atom stereocenters. The van der Waals surface area contributed by atoms with Gasteiger partial charge in [0.05, 0.1) is 0 Å². The summed E-state index contributed by atoms with van der Waals surface area (Å²) < 4.78 is 0. The number of nitrogens with two attached hydrogens (primary N) is 2. The number of rotatable bonds is 5. The summed E-state index contributed by atoms with van der Waals surface area (Å²) in [5.41, 5.74) is 10.4. The molecule has 4 nitrogen and oxygen atoms in total. The zero-order valence-corrected chi connectivity index (χ0v) is 14.3. The Labute approximate surface area is 143 Å². The van der Waals surface area contributed by atoms with E-state index in [-0.39, 0.29) is 0 Å². The van der Waals surface area contributed by atoms with Crippen LogP contribution in [0.1, 0.15) is 24.8 Å². The molecule has 24 heavy (non-hydrogen) atoms. The maximum absolute atomic E-state index is 5.96. The monoisotopic (exact) mass is 322 g/mol. The van der Waals surface area contributed by atoms with E-state index in [1.807, 2.05) is 12.4 Å².